The predicted molar refractivity (Wildman–Crippen MR) is 59.6 cm³/mol. The zero-order chi connectivity index (χ0) is 11.7. The van der Waals surface area contributed by atoms with Crippen molar-refractivity contribution in [3.05, 3.63) is 36.5 Å². The topological polar surface area (TPSA) is 91.1 Å². The fourth-order valence-corrected chi connectivity index (χ4v) is 1.67. The molecule has 6 nitrogen and oxygen atoms in total. The van der Waals surface area contributed by atoms with Crippen LogP contribution >= 0.6 is 0 Å². The number of hydrogen-bond acceptors (Lipinski definition) is 5. The predicted octanol–water partition coefficient (Wildman–Crippen LogP) is 1.29. The third-order valence-corrected chi connectivity index (χ3v) is 2.42. The van der Waals surface area contributed by atoms with E-state index in [0.717, 1.165) is 5.39 Å². The molecule has 0 spiro atoms. The highest BCUT2D eigenvalue weighted by Gasteiger charge is 2.11. The van der Waals surface area contributed by atoms with Gasteiger partial charge in [-0.1, -0.05) is 0 Å². The molecule has 0 fully saturated rings. The molecule has 3 aromatic rings. The van der Waals surface area contributed by atoms with Gasteiger partial charge in [0.05, 0.1) is 17.3 Å². The molecular weight excluding hydrogens is 216 g/mol. The Morgan fingerprint density at radius 1 is 1.24 bits per heavy atom. The van der Waals surface area contributed by atoms with Gasteiger partial charge in [-0.05, 0) is 12.1 Å². The second kappa shape index (κ2) is 3.64. The number of H-pyrrole nitrogens is 1. The summed E-state index contributed by atoms with van der Waals surface area (Å²) in [5.74, 6) is 0. The van der Waals surface area contributed by atoms with Gasteiger partial charge in [0, 0.05) is 11.8 Å². The number of hydrogen-bond donors (Lipinski definition) is 1. The standard InChI is InChI=1S/C11H6N6/c12-4-9-7(2-1-3-13-9)10-8-5-16-17-11(8)15-6-14-10/h1-3,5-6H,(H,14,15,16,17). The highest BCUT2D eigenvalue weighted by molar-refractivity contribution is 5.90. The van der Waals surface area contributed by atoms with E-state index < -0.39 is 0 Å². The lowest BCUT2D eigenvalue weighted by Gasteiger charge is -2.02. The van der Waals surface area contributed by atoms with E-state index in [1.54, 1.807) is 24.5 Å². The largest absolute Gasteiger partial charge is 0.261 e. The van der Waals surface area contributed by atoms with Crippen LogP contribution in [0.1, 0.15) is 5.69 Å². The Kier molecular flexibility index (Phi) is 2.02. The Morgan fingerprint density at radius 3 is 3.06 bits per heavy atom. The molecule has 0 saturated carbocycles. The zero-order valence-electron chi connectivity index (χ0n) is 8.62. The van der Waals surface area contributed by atoms with E-state index in [-0.39, 0.29) is 0 Å². The fourth-order valence-electron chi connectivity index (χ4n) is 1.67. The number of pyridine rings is 1. The van der Waals surface area contributed by atoms with Crippen molar-refractivity contribution in [2.75, 3.05) is 0 Å². The number of rotatable bonds is 1. The Morgan fingerprint density at radius 2 is 2.18 bits per heavy atom. The van der Waals surface area contributed by atoms with Crippen LogP contribution in [-0.4, -0.2) is 25.1 Å². The van der Waals surface area contributed by atoms with Crippen LogP contribution in [0, 0.1) is 11.3 Å². The molecule has 0 saturated heterocycles. The summed E-state index contributed by atoms with van der Waals surface area (Å²) >= 11 is 0. The van der Waals surface area contributed by atoms with Crippen LogP contribution in [0.3, 0.4) is 0 Å². The van der Waals surface area contributed by atoms with E-state index in [1.165, 1.54) is 6.33 Å². The van der Waals surface area contributed by atoms with Crippen molar-refractivity contribution < 1.29 is 0 Å². The molecular formula is C11H6N6. The van der Waals surface area contributed by atoms with Crippen LogP contribution in [-0.2, 0) is 0 Å². The molecule has 3 rings (SSSR count). The Balaban J connectivity index is 2.35. The van der Waals surface area contributed by atoms with Crippen molar-refractivity contribution in [2.45, 2.75) is 0 Å². The molecule has 1 N–H and O–H groups in total. The van der Waals surface area contributed by atoms with Crippen molar-refractivity contribution >= 4 is 11.0 Å². The van der Waals surface area contributed by atoms with Gasteiger partial charge in [0.1, 0.15) is 18.1 Å². The number of aromatic nitrogens is 5. The summed E-state index contributed by atoms with van der Waals surface area (Å²) in [4.78, 5) is 12.3. The molecule has 0 aliphatic carbocycles. The number of fused-ring (bicyclic) bond motifs is 1. The summed E-state index contributed by atoms with van der Waals surface area (Å²) in [7, 11) is 0. The molecule has 0 atom stereocenters. The van der Waals surface area contributed by atoms with Crippen molar-refractivity contribution in [3.8, 4) is 17.3 Å². The lowest BCUT2D eigenvalue weighted by Crippen LogP contribution is -1.92. The minimum atomic E-state index is 0.341. The molecule has 0 aliphatic rings. The van der Waals surface area contributed by atoms with Gasteiger partial charge >= 0.3 is 0 Å². The third-order valence-electron chi connectivity index (χ3n) is 2.42. The van der Waals surface area contributed by atoms with Crippen LogP contribution in [0.25, 0.3) is 22.3 Å². The Hall–Kier alpha value is -2.81. The summed E-state index contributed by atoms with van der Waals surface area (Å²) in [5, 5.41) is 16.5. The molecule has 80 valence electrons. The average Bonchev–Trinajstić information content (AvgIpc) is 2.86. The SMILES string of the molecule is N#Cc1ncccc1-c1ncnc2[nH]ncc12. The van der Waals surface area contributed by atoms with E-state index in [9.17, 15) is 0 Å². The first-order chi connectivity index (χ1) is 8.40. The Bertz CT molecular complexity index is 724. The van der Waals surface area contributed by atoms with Gasteiger partial charge in [0.2, 0.25) is 0 Å². The minimum absolute atomic E-state index is 0.341. The van der Waals surface area contributed by atoms with Crippen molar-refractivity contribution in [1.29, 1.82) is 5.26 Å². The van der Waals surface area contributed by atoms with E-state index in [4.69, 9.17) is 5.26 Å². The average molecular weight is 222 g/mol. The van der Waals surface area contributed by atoms with Crippen molar-refractivity contribution in [2.24, 2.45) is 0 Å². The fraction of sp³-hybridized carbons (Fsp3) is 0. The summed E-state index contributed by atoms with van der Waals surface area (Å²) < 4.78 is 0. The van der Waals surface area contributed by atoms with Crippen molar-refractivity contribution in [3.63, 3.8) is 0 Å². The van der Waals surface area contributed by atoms with Crippen LogP contribution in [0.15, 0.2) is 30.9 Å². The second-order valence-corrected chi connectivity index (χ2v) is 3.37. The summed E-state index contributed by atoms with van der Waals surface area (Å²) in [6, 6.07) is 5.62. The van der Waals surface area contributed by atoms with Crippen LogP contribution in [0.2, 0.25) is 0 Å². The monoisotopic (exact) mass is 222 g/mol. The smallest absolute Gasteiger partial charge is 0.159 e. The van der Waals surface area contributed by atoms with Gasteiger partial charge in [0.15, 0.2) is 5.65 Å². The van der Waals surface area contributed by atoms with Gasteiger partial charge in [-0.3, -0.25) is 5.10 Å². The third kappa shape index (κ3) is 1.41. The summed E-state index contributed by atoms with van der Waals surface area (Å²) in [6.07, 6.45) is 4.65. The molecule has 17 heavy (non-hydrogen) atoms. The molecule has 6 heteroatoms. The van der Waals surface area contributed by atoms with E-state index in [0.29, 0.717) is 22.6 Å². The van der Waals surface area contributed by atoms with Crippen LogP contribution in [0.5, 0.6) is 0 Å². The first-order valence-electron chi connectivity index (χ1n) is 4.89. The molecule has 0 radical (unpaired) electrons. The summed E-state index contributed by atoms with van der Waals surface area (Å²) in [5.41, 5.74) is 2.33. The van der Waals surface area contributed by atoms with Gasteiger partial charge in [-0.25, -0.2) is 15.0 Å². The molecule has 3 heterocycles. The lowest BCUT2D eigenvalue weighted by molar-refractivity contribution is 1.09. The quantitative estimate of drug-likeness (QED) is 0.669. The normalized spacial score (nSPS) is 10.3. The molecule has 0 aliphatic heterocycles. The van der Waals surface area contributed by atoms with Gasteiger partial charge in [-0.2, -0.15) is 10.4 Å². The number of aromatic amines is 1. The highest BCUT2D eigenvalue weighted by Crippen LogP contribution is 2.25. The molecule has 0 bridgehead atoms. The van der Waals surface area contributed by atoms with E-state index in [1.807, 2.05) is 6.07 Å². The maximum absolute atomic E-state index is 9.02. The number of nitriles is 1. The first kappa shape index (κ1) is 9.42. The van der Waals surface area contributed by atoms with Crippen LogP contribution < -0.4 is 0 Å². The molecule has 0 unspecified atom stereocenters. The zero-order valence-corrected chi connectivity index (χ0v) is 8.62. The minimum Gasteiger partial charge on any atom is -0.261 e. The van der Waals surface area contributed by atoms with Crippen molar-refractivity contribution in [1.82, 2.24) is 25.1 Å². The molecule has 0 amide bonds. The lowest BCUT2D eigenvalue weighted by atomic mass is 10.1. The van der Waals surface area contributed by atoms with Gasteiger partial charge < -0.3 is 0 Å². The number of nitrogens with zero attached hydrogens (tertiary/aromatic N) is 5. The second-order valence-electron chi connectivity index (χ2n) is 3.37. The van der Waals surface area contributed by atoms with Gasteiger partial charge in [-0.15, -0.1) is 0 Å². The molecule has 0 aromatic carbocycles. The van der Waals surface area contributed by atoms with E-state index >= 15 is 0 Å². The maximum Gasteiger partial charge on any atom is 0.159 e. The van der Waals surface area contributed by atoms with Gasteiger partial charge in [0.25, 0.3) is 0 Å². The molecule has 3 aromatic heterocycles. The first-order valence-corrected chi connectivity index (χ1v) is 4.89. The maximum atomic E-state index is 9.02. The summed E-state index contributed by atoms with van der Waals surface area (Å²) in [6.45, 7) is 0. The van der Waals surface area contributed by atoms with E-state index in [2.05, 4.69) is 25.1 Å². The number of nitrogens with one attached hydrogen (secondary N) is 1. The Labute approximate surface area is 96.0 Å². The van der Waals surface area contributed by atoms with Crippen LogP contribution in [0.4, 0.5) is 0 Å². The highest BCUT2D eigenvalue weighted by atomic mass is 15.1.